The van der Waals surface area contributed by atoms with Crippen LogP contribution in [0.15, 0.2) is 42.7 Å². The summed E-state index contributed by atoms with van der Waals surface area (Å²) in [5, 5.41) is 9.05. The minimum absolute atomic E-state index is 0.138. The number of hydrogen-bond donors (Lipinski definition) is 0. The number of alkyl halides is 1. The Hall–Kier alpha value is -1.94. The third kappa shape index (κ3) is 1.95. The lowest BCUT2D eigenvalue weighted by Crippen LogP contribution is -1.94. The van der Waals surface area contributed by atoms with Gasteiger partial charge in [-0.3, -0.25) is 4.98 Å². The molecule has 0 spiro atoms. The molecule has 0 amide bonds. The van der Waals surface area contributed by atoms with Crippen LogP contribution in [0.4, 0.5) is 0 Å². The molecule has 90 valence electrons. The standard InChI is InChI=1S/C13H11ClN4/c1-9(14)13-8-18(17-16-13)11-4-5-12-10(7-11)3-2-6-15-12/h2-9H,1H3. The summed E-state index contributed by atoms with van der Waals surface area (Å²) in [6, 6.07) is 9.90. The van der Waals surface area contributed by atoms with Gasteiger partial charge in [0.2, 0.25) is 0 Å². The maximum Gasteiger partial charge on any atom is 0.101 e. The highest BCUT2D eigenvalue weighted by Crippen LogP contribution is 2.19. The number of rotatable bonds is 2. The molecule has 2 aromatic heterocycles. The van der Waals surface area contributed by atoms with Crippen LogP contribution in [0.2, 0.25) is 0 Å². The number of fused-ring (bicyclic) bond motifs is 1. The van der Waals surface area contributed by atoms with Gasteiger partial charge >= 0.3 is 0 Å². The minimum Gasteiger partial charge on any atom is -0.256 e. The second-order valence-corrected chi connectivity index (χ2v) is 4.74. The van der Waals surface area contributed by atoms with E-state index in [0.717, 1.165) is 22.3 Å². The van der Waals surface area contributed by atoms with E-state index in [-0.39, 0.29) is 5.38 Å². The van der Waals surface area contributed by atoms with Crippen molar-refractivity contribution in [3.8, 4) is 5.69 Å². The topological polar surface area (TPSA) is 43.6 Å². The monoisotopic (exact) mass is 258 g/mol. The second-order valence-electron chi connectivity index (χ2n) is 4.08. The largest absolute Gasteiger partial charge is 0.256 e. The van der Waals surface area contributed by atoms with Gasteiger partial charge in [0.25, 0.3) is 0 Å². The van der Waals surface area contributed by atoms with Crippen molar-refractivity contribution in [3.63, 3.8) is 0 Å². The highest BCUT2D eigenvalue weighted by Gasteiger charge is 2.08. The van der Waals surface area contributed by atoms with Crippen LogP contribution >= 0.6 is 11.6 Å². The average Bonchev–Trinajstić information content (AvgIpc) is 2.88. The first-order chi connectivity index (χ1) is 8.74. The molecule has 0 fully saturated rings. The highest BCUT2D eigenvalue weighted by molar-refractivity contribution is 6.20. The van der Waals surface area contributed by atoms with E-state index in [9.17, 15) is 0 Å². The van der Waals surface area contributed by atoms with Gasteiger partial charge in [-0.25, -0.2) is 4.68 Å². The van der Waals surface area contributed by atoms with Gasteiger partial charge in [0, 0.05) is 11.6 Å². The van der Waals surface area contributed by atoms with Crippen molar-refractivity contribution >= 4 is 22.5 Å². The first-order valence-electron chi connectivity index (χ1n) is 5.65. The Morgan fingerprint density at radius 2 is 2.17 bits per heavy atom. The van der Waals surface area contributed by atoms with Gasteiger partial charge in [-0.1, -0.05) is 11.3 Å². The number of hydrogen-bond acceptors (Lipinski definition) is 3. The Kier molecular flexibility index (Phi) is 2.72. The molecule has 4 nitrogen and oxygen atoms in total. The predicted octanol–water partition coefficient (Wildman–Crippen LogP) is 3.12. The molecule has 3 aromatic rings. The first kappa shape index (κ1) is 11.2. The minimum atomic E-state index is -0.138. The third-order valence-electron chi connectivity index (χ3n) is 2.77. The van der Waals surface area contributed by atoms with Gasteiger partial charge in [-0.05, 0) is 31.2 Å². The predicted molar refractivity (Wildman–Crippen MR) is 70.9 cm³/mol. The van der Waals surface area contributed by atoms with E-state index < -0.39 is 0 Å². The van der Waals surface area contributed by atoms with E-state index in [4.69, 9.17) is 11.6 Å². The lowest BCUT2D eigenvalue weighted by Gasteiger charge is -2.02. The molecule has 1 atom stereocenters. The van der Waals surface area contributed by atoms with Crippen molar-refractivity contribution in [2.75, 3.05) is 0 Å². The zero-order valence-electron chi connectivity index (χ0n) is 9.79. The molecule has 0 aliphatic carbocycles. The Bertz CT molecular complexity index is 690. The van der Waals surface area contributed by atoms with Gasteiger partial charge in [-0.15, -0.1) is 16.7 Å². The molecule has 1 unspecified atom stereocenters. The number of nitrogens with zero attached hydrogens (tertiary/aromatic N) is 4. The molecule has 2 heterocycles. The SMILES string of the molecule is CC(Cl)c1cn(-c2ccc3ncccc3c2)nn1. The zero-order chi connectivity index (χ0) is 12.5. The Morgan fingerprint density at radius 1 is 1.28 bits per heavy atom. The van der Waals surface area contributed by atoms with Crippen molar-refractivity contribution in [2.24, 2.45) is 0 Å². The summed E-state index contributed by atoms with van der Waals surface area (Å²) in [5.41, 5.74) is 2.68. The van der Waals surface area contributed by atoms with Crippen molar-refractivity contribution in [1.82, 2.24) is 20.0 Å². The molecule has 5 heteroatoms. The lowest BCUT2D eigenvalue weighted by atomic mass is 10.2. The van der Waals surface area contributed by atoms with Crippen LogP contribution < -0.4 is 0 Å². The van der Waals surface area contributed by atoms with Crippen LogP contribution in [0, 0.1) is 0 Å². The van der Waals surface area contributed by atoms with E-state index in [1.54, 1.807) is 10.9 Å². The van der Waals surface area contributed by atoms with E-state index in [0.29, 0.717) is 0 Å². The van der Waals surface area contributed by atoms with Crippen LogP contribution in [0.3, 0.4) is 0 Å². The fraction of sp³-hybridized carbons (Fsp3) is 0.154. The normalized spacial score (nSPS) is 12.8. The summed E-state index contributed by atoms with van der Waals surface area (Å²) >= 11 is 5.97. The maximum atomic E-state index is 5.97. The van der Waals surface area contributed by atoms with Crippen LogP contribution in [-0.4, -0.2) is 20.0 Å². The average molecular weight is 259 g/mol. The maximum absolute atomic E-state index is 5.97. The molecule has 3 rings (SSSR count). The van der Waals surface area contributed by atoms with E-state index >= 15 is 0 Å². The molecule has 0 N–H and O–H groups in total. The van der Waals surface area contributed by atoms with Gasteiger partial charge in [-0.2, -0.15) is 0 Å². The molecule has 0 saturated heterocycles. The molecule has 0 saturated carbocycles. The van der Waals surface area contributed by atoms with E-state index in [1.165, 1.54) is 0 Å². The van der Waals surface area contributed by atoms with Crippen molar-refractivity contribution < 1.29 is 0 Å². The molecule has 0 radical (unpaired) electrons. The highest BCUT2D eigenvalue weighted by atomic mass is 35.5. The summed E-state index contributed by atoms with van der Waals surface area (Å²) in [6.07, 6.45) is 3.62. The summed E-state index contributed by atoms with van der Waals surface area (Å²) < 4.78 is 1.72. The van der Waals surface area contributed by atoms with E-state index in [1.807, 2.05) is 43.5 Å². The molecule has 0 aliphatic heterocycles. The molecular formula is C13H11ClN4. The van der Waals surface area contributed by atoms with Crippen LogP contribution in [-0.2, 0) is 0 Å². The Labute approximate surface area is 109 Å². The van der Waals surface area contributed by atoms with Gasteiger partial charge < -0.3 is 0 Å². The van der Waals surface area contributed by atoms with Crippen molar-refractivity contribution in [3.05, 3.63) is 48.4 Å². The van der Waals surface area contributed by atoms with Crippen molar-refractivity contribution in [1.29, 1.82) is 0 Å². The first-order valence-corrected chi connectivity index (χ1v) is 6.09. The molecule has 18 heavy (non-hydrogen) atoms. The summed E-state index contributed by atoms with van der Waals surface area (Å²) in [7, 11) is 0. The number of aromatic nitrogens is 4. The Balaban J connectivity index is 2.07. The lowest BCUT2D eigenvalue weighted by molar-refractivity contribution is 0.797. The van der Waals surface area contributed by atoms with E-state index in [2.05, 4.69) is 15.3 Å². The van der Waals surface area contributed by atoms with Gasteiger partial charge in [0.15, 0.2) is 0 Å². The number of benzene rings is 1. The molecule has 0 aliphatic rings. The van der Waals surface area contributed by atoms with Crippen LogP contribution in [0.5, 0.6) is 0 Å². The summed E-state index contributed by atoms with van der Waals surface area (Å²) in [6.45, 7) is 1.88. The summed E-state index contributed by atoms with van der Waals surface area (Å²) in [5.74, 6) is 0. The zero-order valence-corrected chi connectivity index (χ0v) is 10.5. The number of halogens is 1. The quantitative estimate of drug-likeness (QED) is 0.664. The smallest absolute Gasteiger partial charge is 0.101 e. The molecular weight excluding hydrogens is 248 g/mol. The van der Waals surface area contributed by atoms with Gasteiger partial charge in [0.1, 0.15) is 5.69 Å². The van der Waals surface area contributed by atoms with Gasteiger partial charge in [0.05, 0.1) is 22.8 Å². The molecule has 0 bridgehead atoms. The van der Waals surface area contributed by atoms with Crippen LogP contribution in [0.25, 0.3) is 16.6 Å². The Morgan fingerprint density at radius 3 is 2.94 bits per heavy atom. The number of pyridine rings is 1. The van der Waals surface area contributed by atoms with Crippen LogP contribution in [0.1, 0.15) is 18.0 Å². The second kappa shape index (κ2) is 4.38. The fourth-order valence-electron chi connectivity index (χ4n) is 1.79. The third-order valence-corrected chi connectivity index (χ3v) is 2.99. The molecule has 1 aromatic carbocycles. The summed E-state index contributed by atoms with van der Waals surface area (Å²) in [4.78, 5) is 4.28. The fourth-order valence-corrected chi connectivity index (χ4v) is 1.89. The van der Waals surface area contributed by atoms with Crippen molar-refractivity contribution in [2.45, 2.75) is 12.3 Å².